The molecule has 6 heteroatoms. The fraction of sp³-hybridized carbons (Fsp3) is 0.316. The van der Waals surface area contributed by atoms with Crippen LogP contribution < -0.4 is 19.9 Å². The van der Waals surface area contributed by atoms with Crippen molar-refractivity contribution in [3.05, 3.63) is 53.6 Å². The first-order valence-electron chi connectivity index (χ1n) is 8.00. The normalized spacial score (nSPS) is 19.4. The summed E-state index contributed by atoms with van der Waals surface area (Å²) in [7, 11) is 4.80. The van der Waals surface area contributed by atoms with E-state index in [0.29, 0.717) is 18.0 Å². The van der Waals surface area contributed by atoms with Crippen molar-refractivity contribution >= 4 is 5.91 Å². The fourth-order valence-electron chi connectivity index (χ4n) is 3.12. The third-order valence-electron chi connectivity index (χ3n) is 4.50. The average molecular weight is 342 g/mol. The Bertz CT molecular complexity index is 761. The molecule has 0 aromatic heterocycles. The molecule has 0 unspecified atom stereocenters. The number of carbonyl (C=O) groups is 1. The first kappa shape index (κ1) is 17.1. The van der Waals surface area contributed by atoms with Gasteiger partial charge in [0.15, 0.2) is 11.5 Å². The van der Waals surface area contributed by atoms with Crippen molar-refractivity contribution in [1.29, 1.82) is 0 Å². The molecule has 1 heterocycles. The number of nitrogens with two attached hydrogens (primary N) is 1. The Balaban J connectivity index is 1.81. The van der Waals surface area contributed by atoms with Crippen molar-refractivity contribution in [1.82, 2.24) is 4.90 Å². The van der Waals surface area contributed by atoms with Crippen LogP contribution in [0.5, 0.6) is 17.2 Å². The third-order valence-corrected chi connectivity index (χ3v) is 4.50. The first-order chi connectivity index (χ1) is 12.1. The molecule has 132 valence electrons. The van der Waals surface area contributed by atoms with Crippen LogP contribution in [-0.2, 0) is 11.3 Å². The lowest BCUT2D eigenvalue weighted by Crippen LogP contribution is -2.62. The van der Waals surface area contributed by atoms with E-state index in [2.05, 4.69) is 0 Å². The Hall–Kier alpha value is -2.73. The number of carbonyl (C=O) groups excluding carboxylic acids is 1. The highest BCUT2D eigenvalue weighted by Crippen LogP contribution is 2.37. The summed E-state index contributed by atoms with van der Waals surface area (Å²) in [5.74, 6) is 2.01. The molecule has 0 spiro atoms. The monoisotopic (exact) mass is 342 g/mol. The summed E-state index contributed by atoms with van der Waals surface area (Å²) in [4.78, 5) is 14.0. The summed E-state index contributed by atoms with van der Waals surface area (Å²) in [6.07, 6.45) is 0. The van der Waals surface area contributed by atoms with Crippen LogP contribution in [-0.4, -0.2) is 38.2 Å². The Morgan fingerprint density at radius 1 is 0.960 bits per heavy atom. The Morgan fingerprint density at radius 3 is 2.24 bits per heavy atom. The standard InChI is InChI=1S/C19H22N2O4/c1-23-14-7-5-13(6-8-14)18-17(20)19(22)21(18)11-12-4-9-15(24-2)16(10-12)25-3/h4-10,17-18H,11,20H2,1-3H3/t17-,18+/m0/s1. The molecule has 3 rings (SSSR count). The minimum absolute atomic E-state index is 0.0596. The minimum atomic E-state index is -0.520. The molecule has 1 aliphatic heterocycles. The molecule has 1 saturated heterocycles. The summed E-state index contributed by atoms with van der Waals surface area (Å²) in [5, 5.41) is 0. The van der Waals surface area contributed by atoms with Crippen LogP contribution in [0.4, 0.5) is 0 Å². The minimum Gasteiger partial charge on any atom is -0.497 e. The van der Waals surface area contributed by atoms with Crippen LogP contribution in [0.25, 0.3) is 0 Å². The third kappa shape index (κ3) is 3.13. The number of hydrogen-bond donors (Lipinski definition) is 1. The van der Waals surface area contributed by atoms with Gasteiger partial charge in [-0.1, -0.05) is 18.2 Å². The molecule has 1 fully saturated rings. The number of ether oxygens (including phenoxy) is 3. The van der Waals surface area contributed by atoms with E-state index in [1.54, 1.807) is 26.2 Å². The highest BCUT2D eigenvalue weighted by molar-refractivity contribution is 5.89. The van der Waals surface area contributed by atoms with Crippen LogP contribution in [0.15, 0.2) is 42.5 Å². The number of nitrogens with zero attached hydrogens (tertiary/aromatic N) is 1. The van der Waals surface area contributed by atoms with Gasteiger partial charge in [0.2, 0.25) is 5.91 Å². The van der Waals surface area contributed by atoms with Gasteiger partial charge in [-0.15, -0.1) is 0 Å². The summed E-state index contributed by atoms with van der Waals surface area (Å²) < 4.78 is 15.8. The lowest BCUT2D eigenvalue weighted by atomic mass is 9.88. The van der Waals surface area contributed by atoms with Crippen molar-refractivity contribution < 1.29 is 19.0 Å². The number of rotatable bonds is 6. The van der Waals surface area contributed by atoms with Gasteiger partial charge in [0.1, 0.15) is 11.8 Å². The average Bonchev–Trinajstić information content (AvgIpc) is 2.67. The summed E-state index contributed by atoms with van der Waals surface area (Å²) in [6.45, 7) is 0.462. The predicted molar refractivity (Wildman–Crippen MR) is 93.8 cm³/mol. The molecule has 2 N–H and O–H groups in total. The van der Waals surface area contributed by atoms with E-state index in [4.69, 9.17) is 19.9 Å². The van der Waals surface area contributed by atoms with Crippen molar-refractivity contribution in [2.24, 2.45) is 5.73 Å². The molecule has 0 radical (unpaired) electrons. The van der Waals surface area contributed by atoms with Gasteiger partial charge in [-0.05, 0) is 35.4 Å². The second-order valence-corrected chi connectivity index (χ2v) is 5.90. The fourth-order valence-corrected chi connectivity index (χ4v) is 3.12. The Labute approximate surface area is 147 Å². The lowest BCUT2D eigenvalue weighted by Gasteiger charge is -2.45. The van der Waals surface area contributed by atoms with Gasteiger partial charge >= 0.3 is 0 Å². The smallest absolute Gasteiger partial charge is 0.242 e. The maximum atomic E-state index is 12.3. The van der Waals surface area contributed by atoms with Gasteiger partial charge in [-0.25, -0.2) is 0 Å². The topological polar surface area (TPSA) is 74.0 Å². The van der Waals surface area contributed by atoms with E-state index in [1.807, 2.05) is 42.5 Å². The number of amides is 1. The first-order valence-corrected chi connectivity index (χ1v) is 8.00. The maximum Gasteiger partial charge on any atom is 0.242 e. The number of likely N-dealkylation sites (tertiary alicyclic amines) is 1. The van der Waals surface area contributed by atoms with Crippen LogP contribution >= 0.6 is 0 Å². The molecule has 0 aliphatic carbocycles. The largest absolute Gasteiger partial charge is 0.497 e. The quantitative estimate of drug-likeness (QED) is 0.814. The number of methoxy groups -OCH3 is 3. The van der Waals surface area contributed by atoms with E-state index in [1.165, 1.54) is 0 Å². The van der Waals surface area contributed by atoms with E-state index < -0.39 is 6.04 Å². The molecule has 25 heavy (non-hydrogen) atoms. The molecule has 2 aromatic carbocycles. The number of β-lactam (4-membered cyclic amide) rings is 1. The summed E-state index contributed by atoms with van der Waals surface area (Å²) >= 11 is 0. The lowest BCUT2D eigenvalue weighted by molar-refractivity contribution is -0.150. The van der Waals surface area contributed by atoms with Crippen LogP contribution in [0, 0.1) is 0 Å². The van der Waals surface area contributed by atoms with Gasteiger partial charge in [-0.3, -0.25) is 4.79 Å². The van der Waals surface area contributed by atoms with E-state index in [-0.39, 0.29) is 11.9 Å². The maximum absolute atomic E-state index is 12.3. The molecule has 1 aliphatic rings. The highest BCUT2D eigenvalue weighted by atomic mass is 16.5. The number of hydrogen-bond acceptors (Lipinski definition) is 5. The van der Waals surface area contributed by atoms with Gasteiger partial charge in [0.05, 0.1) is 27.4 Å². The van der Waals surface area contributed by atoms with Crippen molar-refractivity contribution in [2.75, 3.05) is 21.3 Å². The Morgan fingerprint density at radius 2 is 1.64 bits per heavy atom. The second kappa shape index (κ2) is 7.03. The zero-order valence-electron chi connectivity index (χ0n) is 14.6. The Kier molecular flexibility index (Phi) is 4.81. The van der Waals surface area contributed by atoms with Gasteiger partial charge in [-0.2, -0.15) is 0 Å². The van der Waals surface area contributed by atoms with Gasteiger partial charge in [0.25, 0.3) is 0 Å². The molecule has 6 nitrogen and oxygen atoms in total. The zero-order chi connectivity index (χ0) is 18.0. The van der Waals surface area contributed by atoms with Gasteiger partial charge in [0, 0.05) is 6.54 Å². The predicted octanol–water partition coefficient (Wildman–Crippen LogP) is 2.12. The molecule has 0 bridgehead atoms. The second-order valence-electron chi connectivity index (χ2n) is 5.90. The van der Waals surface area contributed by atoms with E-state index >= 15 is 0 Å². The molecule has 2 atom stereocenters. The highest BCUT2D eigenvalue weighted by Gasteiger charge is 2.45. The van der Waals surface area contributed by atoms with Crippen molar-refractivity contribution in [2.45, 2.75) is 18.6 Å². The molecule has 0 saturated carbocycles. The van der Waals surface area contributed by atoms with Crippen LogP contribution in [0.1, 0.15) is 17.2 Å². The summed E-state index contributed by atoms with van der Waals surface area (Å²) in [6, 6.07) is 12.6. The van der Waals surface area contributed by atoms with Crippen LogP contribution in [0.2, 0.25) is 0 Å². The van der Waals surface area contributed by atoms with Crippen LogP contribution in [0.3, 0.4) is 0 Å². The SMILES string of the molecule is COc1ccc([C@@H]2[C@H](N)C(=O)N2Cc2ccc(OC)c(OC)c2)cc1. The molecule has 2 aromatic rings. The molecule has 1 amide bonds. The van der Waals surface area contributed by atoms with Crippen molar-refractivity contribution in [3.8, 4) is 17.2 Å². The van der Waals surface area contributed by atoms with E-state index in [0.717, 1.165) is 16.9 Å². The van der Waals surface area contributed by atoms with Gasteiger partial charge < -0.3 is 24.8 Å². The number of benzene rings is 2. The summed E-state index contributed by atoms with van der Waals surface area (Å²) in [5.41, 5.74) is 8.00. The zero-order valence-corrected chi connectivity index (χ0v) is 14.6. The molecular formula is C19H22N2O4. The molecular weight excluding hydrogens is 320 g/mol. The van der Waals surface area contributed by atoms with Crippen molar-refractivity contribution in [3.63, 3.8) is 0 Å². The van der Waals surface area contributed by atoms with E-state index in [9.17, 15) is 4.79 Å².